The fourth-order valence-electron chi connectivity index (χ4n) is 4.21. The van der Waals surface area contributed by atoms with E-state index in [0.717, 1.165) is 27.5 Å². The second kappa shape index (κ2) is 11.5. The number of aromatic nitrogens is 2. The molecule has 0 unspecified atom stereocenters. The Morgan fingerprint density at radius 1 is 1.11 bits per heavy atom. The molecule has 2 amide bonds. The molecule has 0 saturated heterocycles. The lowest BCUT2D eigenvalue weighted by Gasteiger charge is -2.27. The van der Waals surface area contributed by atoms with Crippen LogP contribution in [0.4, 0.5) is 0 Å². The summed E-state index contributed by atoms with van der Waals surface area (Å²) in [6.07, 6.45) is 5.21. The van der Waals surface area contributed by atoms with Crippen molar-refractivity contribution in [3.8, 4) is 28.8 Å². The van der Waals surface area contributed by atoms with E-state index in [9.17, 15) is 14.9 Å². The lowest BCUT2D eigenvalue weighted by Crippen LogP contribution is -2.44. The zero-order valence-corrected chi connectivity index (χ0v) is 21.6. The first-order valence-electron chi connectivity index (χ1n) is 12.1. The second-order valence-electron chi connectivity index (χ2n) is 8.72. The normalized spacial score (nSPS) is 14.7. The van der Waals surface area contributed by atoms with E-state index in [2.05, 4.69) is 6.58 Å². The highest BCUT2D eigenvalue weighted by atomic mass is 16.5. The van der Waals surface area contributed by atoms with Gasteiger partial charge in [-0.15, -0.1) is 0 Å². The molecule has 8 heteroatoms. The third-order valence-electron chi connectivity index (χ3n) is 6.21. The number of methoxy groups -OCH3 is 1. The predicted octanol–water partition coefficient (Wildman–Crippen LogP) is 4.65. The van der Waals surface area contributed by atoms with Gasteiger partial charge in [0.1, 0.15) is 24.0 Å². The molecular formula is C30H28N4O4. The van der Waals surface area contributed by atoms with Gasteiger partial charge in [0.05, 0.1) is 24.5 Å². The van der Waals surface area contributed by atoms with Gasteiger partial charge < -0.3 is 9.47 Å². The van der Waals surface area contributed by atoms with Crippen LogP contribution in [-0.2, 0) is 14.3 Å². The van der Waals surface area contributed by atoms with Gasteiger partial charge in [-0.1, -0.05) is 30.9 Å². The van der Waals surface area contributed by atoms with Crippen LogP contribution in [0.15, 0.2) is 84.1 Å². The Hall–Kier alpha value is -4.74. The van der Waals surface area contributed by atoms with E-state index < -0.39 is 11.8 Å². The Labute approximate surface area is 221 Å². The van der Waals surface area contributed by atoms with Crippen LogP contribution in [0.3, 0.4) is 0 Å². The average Bonchev–Trinajstić information content (AvgIpc) is 3.35. The molecule has 0 N–H and O–H groups in total. The molecular weight excluding hydrogens is 480 g/mol. The number of carbonyl (C=O) groups is 2. The van der Waals surface area contributed by atoms with Crippen molar-refractivity contribution in [3.05, 3.63) is 95.2 Å². The molecule has 0 saturated carbocycles. The lowest BCUT2D eigenvalue weighted by atomic mass is 9.93. The zero-order valence-electron chi connectivity index (χ0n) is 21.6. The maximum atomic E-state index is 13.4. The van der Waals surface area contributed by atoms with Gasteiger partial charge in [0, 0.05) is 30.0 Å². The second-order valence-corrected chi connectivity index (χ2v) is 8.72. The molecule has 3 aromatic rings. The van der Waals surface area contributed by atoms with Crippen LogP contribution in [0.5, 0.6) is 5.75 Å². The van der Waals surface area contributed by atoms with Gasteiger partial charge in [-0.3, -0.25) is 14.5 Å². The van der Waals surface area contributed by atoms with E-state index >= 15 is 0 Å². The molecule has 1 aromatic heterocycles. The molecule has 0 aliphatic carbocycles. The summed E-state index contributed by atoms with van der Waals surface area (Å²) in [4.78, 5) is 27.3. The number of rotatable bonds is 9. The van der Waals surface area contributed by atoms with Crippen LogP contribution >= 0.6 is 0 Å². The molecule has 2 aromatic carbocycles. The van der Waals surface area contributed by atoms with Gasteiger partial charge in [0.25, 0.3) is 11.8 Å². The summed E-state index contributed by atoms with van der Waals surface area (Å²) < 4.78 is 12.5. The molecule has 8 nitrogen and oxygen atoms in total. The maximum Gasteiger partial charge on any atom is 0.271 e. The summed E-state index contributed by atoms with van der Waals surface area (Å²) in [5.41, 5.74) is 4.42. The van der Waals surface area contributed by atoms with E-state index in [1.807, 2.05) is 67.7 Å². The van der Waals surface area contributed by atoms with Crippen LogP contribution in [0.25, 0.3) is 23.0 Å². The highest BCUT2D eigenvalue weighted by Crippen LogP contribution is 2.33. The van der Waals surface area contributed by atoms with Crippen molar-refractivity contribution in [2.75, 3.05) is 26.9 Å². The predicted molar refractivity (Wildman–Crippen MR) is 144 cm³/mol. The monoisotopic (exact) mass is 508 g/mol. The quantitative estimate of drug-likeness (QED) is 0.237. The summed E-state index contributed by atoms with van der Waals surface area (Å²) in [6, 6.07) is 17.3. The molecule has 0 fully saturated rings. The number of aryl methyl sites for hydroxylation is 1. The molecule has 1 aliphatic heterocycles. The number of ether oxygens (including phenoxy) is 2. The van der Waals surface area contributed by atoms with Crippen molar-refractivity contribution in [1.29, 1.82) is 5.26 Å². The summed E-state index contributed by atoms with van der Waals surface area (Å²) >= 11 is 0. The van der Waals surface area contributed by atoms with Crippen molar-refractivity contribution in [3.63, 3.8) is 0 Å². The fraction of sp³-hybridized carbons (Fsp3) is 0.200. The van der Waals surface area contributed by atoms with Crippen LogP contribution in [0.2, 0.25) is 0 Å². The number of nitrogens with zero attached hydrogens (tertiary/aromatic N) is 4. The Kier molecular flexibility index (Phi) is 8.00. The Morgan fingerprint density at radius 3 is 2.53 bits per heavy atom. The SMILES string of the molecule is C=CCOc1ccc(-c2nn(-c3ccccc3)cc2/C=C2/C(=O)N(CCOC)C(=O)C(C#N)=C2C)cc1C. The number of imide groups is 1. The number of hydrogen-bond acceptors (Lipinski definition) is 6. The minimum Gasteiger partial charge on any atom is -0.489 e. The van der Waals surface area contributed by atoms with Crippen molar-refractivity contribution in [2.24, 2.45) is 0 Å². The Morgan fingerprint density at radius 2 is 1.87 bits per heavy atom. The van der Waals surface area contributed by atoms with Crippen LogP contribution in [0.1, 0.15) is 18.1 Å². The number of para-hydroxylation sites is 1. The minimum atomic E-state index is -0.616. The number of nitriles is 1. The smallest absolute Gasteiger partial charge is 0.271 e. The lowest BCUT2D eigenvalue weighted by molar-refractivity contribution is -0.141. The number of carbonyl (C=O) groups excluding carboxylic acids is 2. The van der Waals surface area contributed by atoms with Gasteiger partial charge in [0.2, 0.25) is 0 Å². The Bertz CT molecular complexity index is 1490. The largest absolute Gasteiger partial charge is 0.489 e. The number of benzene rings is 2. The molecule has 0 atom stereocenters. The summed E-state index contributed by atoms with van der Waals surface area (Å²) in [5, 5.41) is 14.5. The van der Waals surface area contributed by atoms with Gasteiger partial charge in [-0.2, -0.15) is 10.4 Å². The topological polar surface area (TPSA) is 97.4 Å². The zero-order chi connectivity index (χ0) is 27.2. The minimum absolute atomic E-state index is 0.0471. The van der Waals surface area contributed by atoms with Crippen LogP contribution < -0.4 is 4.74 Å². The molecule has 2 heterocycles. The first-order chi connectivity index (χ1) is 18.4. The van der Waals surface area contributed by atoms with Crippen LogP contribution in [-0.4, -0.2) is 53.4 Å². The molecule has 0 spiro atoms. The molecule has 192 valence electrons. The van der Waals surface area contributed by atoms with Gasteiger partial charge in [-0.25, -0.2) is 4.68 Å². The summed E-state index contributed by atoms with van der Waals surface area (Å²) in [6.45, 7) is 7.87. The highest BCUT2D eigenvalue weighted by molar-refractivity contribution is 6.19. The van der Waals surface area contributed by atoms with Crippen LogP contribution in [0, 0.1) is 18.3 Å². The van der Waals surface area contributed by atoms with E-state index in [1.165, 1.54) is 7.11 Å². The Balaban J connectivity index is 1.88. The highest BCUT2D eigenvalue weighted by Gasteiger charge is 2.35. The number of amides is 2. The van der Waals surface area contributed by atoms with Gasteiger partial charge in [-0.05, 0) is 61.4 Å². The standard InChI is InChI=1S/C30H28N4O4/c1-5-14-38-27-12-11-22(16-20(27)2)28-23(19-34(32-28)24-9-7-6-8-10-24)17-25-21(3)26(18-31)30(36)33(29(25)35)13-15-37-4/h5-12,16-17,19H,1,13-15H2,2-4H3/b25-17+. The van der Waals surface area contributed by atoms with Gasteiger partial charge in [0.15, 0.2) is 0 Å². The van der Waals surface area contributed by atoms with E-state index in [-0.39, 0.29) is 24.3 Å². The first kappa shape index (κ1) is 26.3. The third-order valence-corrected chi connectivity index (χ3v) is 6.21. The molecule has 0 radical (unpaired) electrons. The van der Waals surface area contributed by atoms with Crippen molar-refractivity contribution in [1.82, 2.24) is 14.7 Å². The van der Waals surface area contributed by atoms with E-state index in [4.69, 9.17) is 14.6 Å². The molecule has 38 heavy (non-hydrogen) atoms. The molecule has 1 aliphatic rings. The molecule has 4 rings (SSSR count). The maximum absolute atomic E-state index is 13.4. The van der Waals surface area contributed by atoms with Gasteiger partial charge >= 0.3 is 0 Å². The van der Waals surface area contributed by atoms with E-state index in [1.54, 1.807) is 23.8 Å². The summed E-state index contributed by atoms with van der Waals surface area (Å²) in [7, 11) is 1.49. The summed E-state index contributed by atoms with van der Waals surface area (Å²) in [5.74, 6) is -0.357. The van der Waals surface area contributed by atoms with Crippen molar-refractivity contribution < 1.29 is 19.1 Å². The van der Waals surface area contributed by atoms with E-state index in [0.29, 0.717) is 23.4 Å². The number of hydrogen-bond donors (Lipinski definition) is 0. The first-order valence-corrected chi connectivity index (χ1v) is 12.1. The third kappa shape index (κ3) is 5.19. The van der Waals surface area contributed by atoms with Crippen molar-refractivity contribution in [2.45, 2.75) is 13.8 Å². The molecule has 0 bridgehead atoms. The fourth-order valence-corrected chi connectivity index (χ4v) is 4.21. The van der Waals surface area contributed by atoms with Crippen molar-refractivity contribution >= 4 is 17.9 Å². The average molecular weight is 509 g/mol.